The second-order valence-corrected chi connectivity index (χ2v) is 3.75. The first-order valence-corrected chi connectivity index (χ1v) is 5.06. The van der Waals surface area contributed by atoms with Crippen molar-refractivity contribution >= 4 is 16.9 Å². The van der Waals surface area contributed by atoms with Gasteiger partial charge < -0.3 is 20.9 Å². The maximum atomic E-state index is 11.6. The largest absolute Gasteiger partial charge is 0.389 e. The van der Waals surface area contributed by atoms with Crippen LogP contribution >= 0.6 is 0 Å². The smallest absolute Gasteiger partial charge is 0.262 e. The van der Waals surface area contributed by atoms with Crippen LogP contribution in [0.4, 0.5) is 0 Å². The average Bonchev–Trinajstić information content (AvgIpc) is 2.72. The lowest BCUT2D eigenvalue weighted by atomic mass is 10.1. The Kier molecular flexibility index (Phi) is 3.08. The third-order valence-corrected chi connectivity index (χ3v) is 2.46. The first-order valence-electron chi connectivity index (χ1n) is 5.06. The minimum atomic E-state index is -1.48. The topological polar surface area (TPSA) is 158 Å². The number of aliphatic hydroxyl groups excluding tert-OH is 2. The molecule has 2 aromatic heterocycles. The fourth-order valence-electron chi connectivity index (χ4n) is 1.61. The zero-order valence-corrected chi connectivity index (χ0v) is 9.12. The van der Waals surface area contributed by atoms with E-state index >= 15 is 0 Å². The predicted molar refractivity (Wildman–Crippen MR) is 59.3 cm³/mol. The number of amides is 1. The number of rotatable bonds is 4. The Balaban J connectivity index is 2.42. The molecule has 18 heavy (non-hydrogen) atoms. The summed E-state index contributed by atoms with van der Waals surface area (Å²) in [6, 6.07) is 0. The highest BCUT2D eigenvalue weighted by Crippen LogP contribution is 2.21. The maximum Gasteiger partial charge on any atom is 0.262 e. The lowest BCUT2D eigenvalue weighted by Crippen LogP contribution is -2.26. The lowest BCUT2D eigenvalue weighted by Gasteiger charge is -2.14. The van der Waals surface area contributed by atoms with E-state index in [4.69, 9.17) is 5.73 Å². The van der Waals surface area contributed by atoms with E-state index < -0.39 is 30.1 Å². The fraction of sp³-hybridized carbons (Fsp3) is 0.333. The van der Waals surface area contributed by atoms with Crippen molar-refractivity contribution in [2.45, 2.75) is 18.6 Å². The number of fused-ring (bicyclic) bond motifs is 1. The molecule has 1 amide bonds. The van der Waals surface area contributed by atoms with Crippen LogP contribution in [0.15, 0.2) is 11.1 Å². The molecular formula is C9H11N5O4. The molecule has 9 nitrogen and oxygen atoms in total. The Hall–Kier alpha value is -2.26. The maximum absolute atomic E-state index is 11.6. The molecule has 6 N–H and O–H groups in total. The molecule has 0 fully saturated rings. The molecule has 0 aromatic carbocycles. The Morgan fingerprint density at radius 1 is 1.50 bits per heavy atom. The van der Waals surface area contributed by atoms with E-state index in [9.17, 15) is 19.8 Å². The molecule has 9 heteroatoms. The SMILES string of the molecule is NC(=O)CC(O)C(O)c1[nH]nc2nc[nH]c(=O)c12. The van der Waals surface area contributed by atoms with Gasteiger partial charge in [0.25, 0.3) is 5.56 Å². The van der Waals surface area contributed by atoms with Gasteiger partial charge >= 0.3 is 0 Å². The number of aliphatic hydroxyl groups is 2. The second kappa shape index (κ2) is 4.55. The molecule has 0 saturated carbocycles. The van der Waals surface area contributed by atoms with Crippen LogP contribution in [0, 0.1) is 0 Å². The van der Waals surface area contributed by atoms with Crippen LogP contribution in [0.3, 0.4) is 0 Å². The number of carbonyl (C=O) groups excluding carboxylic acids is 1. The van der Waals surface area contributed by atoms with E-state index in [1.165, 1.54) is 6.33 Å². The number of hydrogen-bond acceptors (Lipinski definition) is 6. The van der Waals surface area contributed by atoms with Crippen molar-refractivity contribution in [1.29, 1.82) is 0 Å². The molecule has 2 aromatic rings. The zero-order valence-electron chi connectivity index (χ0n) is 9.12. The van der Waals surface area contributed by atoms with Gasteiger partial charge in [-0.15, -0.1) is 0 Å². The van der Waals surface area contributed by atoms with Crippen molar-refractivity contribution in [3.05, 3.63) is 22.4 Å². The number of nitrogens with one attached hydrogen (secondary N) is 2. The number of carbonyl (C=O) groups is 1. The summed E-state index contributed by atoms with van der Waals surface area (Å²) in [5.41, 5.74) is 4.51. The molecule has 96 valence electrons. The van der Waals surface area contributed by atoms with Crippen LogP contribution in [0.2, 0.25) is 0 Å². The molecule has 0 aliphatic carbocycles. The molecule has 2 rings (SSSR count). The van der Waals surface area contributed by atoms with Gasteiger partial charge in [0.15, 0.2) is 5.65 Å². The zero-order chi connectivity index (χ0) is 13.3. The average molecular weight is 253 g/mol. The summed E-state index contributed by atoms with van der Waals surface area (Å²) in [4.78, 5) is 28.3. The number of hydrogen-bond donors (Lipinski definition) is 5. The third kappa shape index (κ3) is 2.08. The number of nitrogens with zero attached hydrogens (tertiary/aromatic N) is 2. The van der Waals surface area contributed by atoms with Crippen LogP contribution in [0.25, 0.3) is 11.0 Å². The lowest BCUT2D eigenvalue weighted by molar-refractivity contribution is -0.121. The van der Waals surface area contributed by atoms with Gasteiger partial charge in [0, 0.05) is 0 Å². The Morgan fingerprint density at radius 3 is 2.89 bits per heavy atom. The molecule has 0 saturated heterocycles. The Morgan fingerprint density at radius 2 is 2.22 bits per heavy atom. The molecule has 2 unspecified atom stereocenters. The highest BCUT2D eigenvalue weighted by molar-refractivity contribution is 5.77. The summed E-state index contributed by atoms with van der Waals surface area (Å²) >= 11 is 0. The van der Waals surface area contributed by atoms with Gasteiger partial charge in [-0.05, 0) is 0 Å². The number of H-pyrrole nitrogens is 2. The monoisotopic (exact) mass is 253 g/mol. The van der Waals surface area contributed by atoms with E-state index in [1.807, 2.05) is 0 Å². The Bertz CT molecular complexity index is 633. The van der Waals surface area contributed by atoms with E-state index in [0.29, 0.717) is 0 Å². The first-order chi connectivity index (χ1) is 8.50. The van der Waals surface area contributed by atoms with Crippen molar-refractivity contribution in [1.82, 2.24) is 20.2 Å². The minimum Gasteiger partial charge on any atom is -0.389 e. The van der Waals surface area contributed by atoms with Crippen LogP contribution in [0.1, 0.15) is 18.2 Å². The highest BCUT2D eigenvalue weighted by Gasteiger charge is 2.25. The quantitative estimate of drug-likeness (QED) is 0.420. The van der Waals surface area contributed by atoms with Crippen molar-refractivity contribution in [2.75, 3.05) is 0 Å². The summed E-state index contributed by atoms with van der Waals surface area (Å²) < 4.78 is 0. The molecule has 0 spiro atoms. The molecule has 0 aliphatic heterocycles. The number of primary amides is 1. The van der Waals surface area contributed by atoms with Gasteiger partial charge in [0.2, 0.25) is 5.91 Å². The number of aromatic amines is 2. The predicted octanol–water partition coefficient (Wildman–Crippen LogP) is -2.08. The Labute approximate surface area is 99.7 Å². The van der Waals surface area contributed by atoms with E-state index in [2.05, 4.69) is 20.2 Å². The van der Waals surface area contributed by atoms with E-state index in [-0.39, 0.29) is 16.7 Å². The number of nitrogens with two attached hydrogens (primary N) is 1. The molecule has 0 radical (unpaired) electrons. The molecule has 2 heterocycles. The van der Waals surface area contributed by atoms with Gasteiger partial charge in [0.1, 0.15) is 11.5 Å². The summed E-state index contributed by atoms with van der Waals surface area (Å²) in [5.74, 6) is -0.766. The van der Waals surface area contributed by atoms with Gasteiger partial charge in [-0.2, -0.15) is 5.10 Å². The van der Waals surface area contributed by atoms with E-state index in [0.717, 1.165) is 0 Å². The van der Waals surface area contributed by atoms with Gasteiger partial charge in [0.05, 0.1) is 24.5 Å². The molecular weight excluding hydrogens is 242 g/mol. The molecule has 0 bridgehead atoms. The van der Waals surface area contributed by atoms with Crippen molar-refractivity contribution < 1.29 is 15.0 Å². The summed E-state index contributed by atoms with van der Waals surface area (Å²) in [6.07, 6.45) is -2.17. The normalized spacial score (nSPS) is 14.6. The molecule has 0 aliphatic rings. The summed E-state index contributed by atoms with van der Waals surface area (Å²) in [6.45, 7) is 0. The van der Waals surface area contributed by atoms with Gasteiger partial charge in [-0.3, -0.25) is 14.7 Å². The third-order valence-electron chi connectivity index (χ3n) is 2.46. The van der Waals surface area contributed by atoms with Gasteiger partial charge in [-0.25, -0.2) is 4.98 Å². The summed E-state index contributed by atoms with van der Waals surface area (Å²) in [5, 5.41) is 25.6. The van der Waals surface area contributed by atoms with Gasteiger partial charge in [-0.1, -0.05) is 0 Å². The standard InChI is InChI=1S/C9H11N5O4/c10-4(16)1-3(15)7(17)6-5-8(14-13-6)11-2-12-9(5)18/h2-3,7,15,17H,1H2,(H2,10,16)(H2,11,12,13,14,18). The van der Waals surface area contributed by atoms with Crippen LogP contribution in [-0.2, 0) is 4.79 Å². The van der Waals surface area contributed by atoms with Crippen molar-refractivity contribution in [3.63, 3.8) is 0 Å². The van der Waals surface area contributed by atoms with Crippen LogP contribution in [-0.4, -0.2) is 42.4 Å². The van der Waals surface area contributed by atoms with Crippen molar-refractivity contribution in [2.24, 2.45) is 5.73 Å². The van der Waals surface area contributed by atoms with Crippen molar-refractivity contribution in [3.8, 4) is 0 Å². The van der Waals surface area contributed by atoms with Crippen LogP contribution < -0.4 is 11.3 Å². The van der Waals surface area contributed by atoms with Crippen LogP contribution in [0.5, 0.6) is 0 Å². The van der Waals surface area contributed by atoms with E-state index in [1.54, 1.807) is 0 Å². The highest BCUT2D eigenvalue weighted by atomic mass is 16.3. The summed E-state index contributed by atoms with van der Waals surface area (Å²) in [7, 11) is 0. The first kappa shape index (κ1) is 12.2. The second-order valence-electron chi connectivity index (χ2n) is 3.75. The molecule has 2 atom stereocenters. The fourth-order valence-corrected chi connectivity index (χ4v) is 1.61. The minimum absolute atomic E-state index is 0.00639. The number of aromatic nitrogens is 4.